The third-order valence-electron chi connectivity index (χ3n) is 4.32. The van der Waals surface area contributed by atoms with Crippen molar-refractivity contribution >= 4 is 17.8 Å². The Bertz CT molecular complexity index is 610. The number of carboxylic acid groups (broad SMARTS) is 1. The van der Waals surface area contributed by atoms with Crippen molar-refractivity contribution < 1.29 is 19.5 Å². The summed E-state index contributed by atoms with van der Waals surface area (Å²) in [6, 6.07) is 9.59. The fourth-order valence-electron chi connectivity index (χ4n) is 2.76. The summed E-state index contributed by atoms with van der Waals surface area (Å²) in [6.45, 7) is 0.822. The molecule has 22 heavy (non-hydrogen) atoms. The van der Waals surface area contributed by atoms with Crippen molar-refractivity contribution in [2.45, 2.75) is 31.3 Å². The van der Waals surface area contributed by atoms with E-state index in [-0.39, 0.29) is 18.2 Å². The summed E-state index contributed by atoms with van der Waals surface area (Å²) in [7, 11) is 0. The average molecular weight is 302 g/mol. The lowest BCUT2D eigenvalue weighted by atomic mass is 10.1. The molecule has 0 aromatic heterocycles. The minimum atomic E-state index is -1.09. The highest BCUT2D eigenvalue weighted by atomic mass is 16.4. The molecule has 1 aromatic carbocycles. The molecule has 0 radical (unpaired) electrons. The number of likely N-dealkylation sites (tertiary alicyclic amines) is 1. The number of carbonyl (C=O) groups is 3. The molecule has 2 aliphatic rings. The van der Waals surface area contributed by atoms with Crippen LogP contribution in [0.25, 0.3) is 0 Å². The number of aliphatic carboxylic acids is 1. The van der Waals surface area contributed by atoms with Gasteiger partial charge >= 0.3 is 5.97 Å². The molecule has 1 atom stereocenters. The van der Waals surface area contributed by atoms with E-state index >= 15 is 0 Å². The van der Waals surface area contributed by atoms with Gasteiger partial charge in [0.15, 0.2) is 0 Å². The molecule has 2 amide bonds. The number of nitrogens with one attached hydrogen (secondary N) is 1. The van der Waals surface area contributed by atoms with E-state index in [4.69, 9.17) is 5.11 Å². The van der Waals surface area contributed by atoms with Crippen LogP contribution in [0.2, 0.25) is 0 Å². The van der Waals surface area contributed by atoms with Gasteiger partial charge in [-0.15, -0.1) is 0 Å². The SMILES string of the molecule is O=C(NC1(C(=O)O)CC1)C1CC(=O)N(Cc2ccccc2)C1. The van der Waals surface area contributed by atoms with E-state index in [1.54, 1.807) is 4.90 Å². The second kappa shape index (κ2) is 5.44. The summed E-state index contributed by atoms with van der Waals surface area (Å²) in [6.07, 6.45) is 1.07. The molecule has 0 bridgehead atoms. The van der Waals surface area contributed by atoms with Crippen molar-refractivity contribution in [2.75, 3.05) is 6.54 Å². The smallest absolute Gasteiger partial charge is 0.329 e. The molecule has 6 nitrogen and oxygen atoms in total. The number of amides is 2. The molecule has 116 valence electrons. The van der Waals surface area contributed by atoms with Crippen LogP contribution in [0, 0.1) is 5.92 Å². The maximum Gasteiger partial charge on any atom is 0.329 e. The number of carbonyl (C=O) groups excluding carboxylic acids is 2. The van der Waals surface area contributed by atoms with Crippen LogP contribution in [-0.4, -0.2) is 39.9 Å². The fourth-order valence-corrected chi connectivity index (χ4v) is 2.76. The highest BCUT2D eigenvalue weighted by Crippen LogP contribution is 2.36. The van der Waals surface area contributed by atoms with Gasteiger partial charge in [-0.05, 0) is 18.4 Å². The van der Waals surface area contributed by atoms with Crippen LogP contribution in [0.4, 0.5) is 0 Å². The van der Waals surface area contributed by atoms with Gasteiger partial charge in [0.05, 0.1) is 5.92 Å². The number of carboxylic acids is 1. The summed E-state index contributed by atoms with van der Waals surface area (Å²) < 4.78 is 0. The molecule has 0 spiro atoms. The van der Waals surface area contributed by atoms with E-state index in [9.17, 15) is 14.4 Å². The molecule has 1 saturated carbocycles. The van der Waals surface area contributed by atoms with Crippen LogP contribution in [0.1, 0.15) is 24.8 Å². The van der Waals surface area contributed by atoms with Gasteiger partial charge in [0.2, 0.25) is 11.8 Å². The van der Waals surface area contributed by atoms with E-state index in [1.165, 1.54) is 0 Å². The Morgan fingerprint density at radius 2 is 1.95 bits per heavy atom. The van der Waals surface area contributed by atoms with Crippen molar-refractivity contribution in [1.82, 2.24) is 10.2 Å². The highest BCUT2D eigenvalue weighted by molar-refractivity contribution is 5.94. The molecule has 1 saturated heterocycles. The van der Waals surface area contributed by atoms with Gasteiger partial charge in [0.25, 0.3) is 0 Å². The van der Waals surface area contributed by atoms with Crippen LogP contribution in [0.15, 0.2) is 30.3 Å². The first-order valence-corrected chi connectivity index (χ1v) is 7.37. The maximum absolute atomic E-state index is 12.2. The monoisotopic (exact) mass is 302 g/mol. The zero-order valence-electron chi connectivity index (χ0n) is 12.1. The molecular weight excluding hydrogens is 284 g/mol. The number of nitrogens with zero attached hydrogens (tertiary/aromatic N) is 1. The largest absolute Gasteiger partial charge is 0.480 e. The second-order valence-electron chi connectivity index (χ2n) is 6.04. The van der Waals surface area contributed by atoms with Crippen LogP contribution >= 0.6 is 0 Å². The van der Waals surface area contributed by atoms with Gasteiger partial charge in [-0.3, -0.25) is 9.59 Å². The van der Waals surface area contributed by atoms with E-state index in [2.05, 4.69) is 5.32 Å². The van der Waals surface area contributed by atoms with E-state index < -0.39 is 17.4 Å². The zero-order chi connectivity index (χ0) is 15.7. The number of hydrogen-bond donors (Lipinski definition) is 2. The van der Waals surface area contributed by atoms with E-state index in [0.29, 0.717) is 25.9 Å². The summed E-state index contributed by atoms with van der Waals surface area (Å²) in [5.41, 5.74) is -0.0754. The first-order valence-electron chi connectivity index (χ1n) is 7.37. The van der Waals surface area contributed by atoms with Crippen molar-refractivity contribution in [3.63, 3.8) is 0 Å². The lowest BCUT2D eigenvalue weighted by Gasteiger charge is -2.18. The van der Waals surface area contributed by atoms with Crippen LogP contribution in [0.3, 0.4) is 0 Å². The van der Waals surface area contributed by atoms with Crippen molar-refractivity contribution in [3.8, 4) is 0 Å². The molecule has 2 N–H and O–H groups in total. The summed E-state index contributed by atoms with van der Waals surface area (Å²) >= 11 is 0. The minimum Gasteiger partial charge on any atom is -0.480 e. The molecule has 1 aliphatic heterocycles. The second-order valence-corrected chi connectivity index (χ2v) is 6.04. The molecule has 1 aliphatic carbocycles. The van der Waals surface area contributed by atoms with Crippen molar-refractivity contribution in [2.24, 2.45) is 5.92 Å². The van der Waals surface area contributed by atoms with Gasteiger partial charge in [-0.2, -0.15) is 0 Å². The summed E-state index contributed by atoms with van der Waals surface area (Å²) in [5, 5.41) is 11.7. The lowest BCUT2D eigenvalue weighted by molar-refractivity contribution is -0.143. The number of benzene rings is 1. The Morgan fingerprint density at radius 1 is 1.27 bits per heavy atom. The first-order chi connectivity index (χ1) is 10.5. The number of rotatable bonds is 5. The van der Waals surface area contributed by atoms with Crippen LogP contribution < -0.4 is 5.32 Å². The molecule has 1 heterocycles. The van der Waals surface area contributed by atoms with Gasteiger partial charge < -0.3 is 15.3 Å². The molecule has 6 heteroatoms. The molecule has 1 aromatic rings. The molecular formula is C16H18N2O4. The Morgan fingerprint density at radius 3 is 2.55 bits per heavy atom. The van der Waals surface area contributed by atoms with Crippen LogP contribution in [-0.2, 0) is 20.9 Å². The Kier molecular flexibility index (Phi) is 3.60. The van der Waals surface area contributed by atoms with Crippen molar-refractivity contribution in [1.29, 1.82) is 0 Å². The van der Waals surface area contributed by atoms with Gasteiger partial charge in [0.1, 0.15) is 5.54 Å². The average Bonchev–Trinajstić information content (AvgIpc) is 3.19. The van der Waals surface area contributed by atoms with Crippen molar-refractivity contribution in [3.05, 3.63) is 35.9 Å². The fraction of sp³-hybridized carbons (Fsp3) is 0.438. The van der Waals surface area contributed by atoms with Crippen LogP contribution in [0.5, 0.6) is 0 Å². The van der Waals surface area contributed by atoms with E-state index in [1.807, 2.05) is 30.3 Å². The Hall–Kier alpha value is -2.37. The molecule has 3 rings (SSSR count). The Balaban J connectivity index is 1.60. The normalized spacial score (nSPS) is 22.5. The third-order valence-corrected chi connectivity index (χ3v) is 4.32. The predicted octanol–water partition coefficient (Wildman–Crippen LogP) is 0.768. The lowest BCUT2D eigenvalue weighted by Crippen LogP contribution is -2.46. The summed E-state index contributed by atoms with van der Waals surface area (Å²) in [5.74, 6) is -1.85. The highest BCUT2D eigenvalue weighted by Gasteiger charge is 2.52. The van der Waals surface area contributed by atoms with E-state index in [0.717, 1.165) is 5.56 Å². The van der Waals surface area contributed by atoms with Gasteiger partial charge in [-0.25, -0.2) is 4.79 Å². The maximum atomic E-state index is 12.2. The summed E-state index contributed by atoms with van der Waals surface area (Å²) in [4.78, 5) is 37.0. The topological polar surface area (TPSA) is 86.7 Å². The zero-order valence-corrected chi connectivity index (χ0v) is 12.1. The minimum absolute atomic E-state index is 0.0656. The first kappa shape index (κ1) is 14.6. The molecule has 1 unspecified atom stereocenters. The quantitative estimate of drug-likeness (QED) is 0.841. The number of hydrogen-bond acceptors (Lipinski definition) is 3. The third kappa shape index (κ3) is 2.81. The predicted molar refractivity (Wildman–Crippen MR) is 77.7 cm³/mol. The standard InChI is InChI=1S/C16H18N2O4/c19-13-8-12(14(20)17-16(6-7-16)15(21)22)10-18(13)9-11-4-2-1-3-5-11/h1-5,12H,6-10H2,(H,17,20)(H,21,22). The van der Waals surface area contributed by atoms with Gasteiger partial charge in [-0.1, -0.05) is 30.3 Å². The Labute approximate surface area is 128 Å². The molecule has 2 fully saturated rings. The van der Waals surface area contributed by atoms with Gasteiger partial charge in [0, 0.05) is 19.5 Å².